The molecule has 3 N–H and O–H groups in total. The van der Waals surface area contributed by atoms with Crippen LogP contribution in [0.2, 0.25) is 0 Å². The van der Waals surface area contributed by atoms with Crippen molar-refractivity contribution in [3.63, 3.8) is 0 Å². The van der Waals surface area contributed by atoms with E-state index >= 15 is 0 Å². The van der Waals surface area contributed by atoms with Gasteiger partial charge in [-0.05, 0) is 85.9 Å². The molecule has 126 valence electrons. The van der Waals surface area contributed by atoms with Crippen molar-refractivity contribution >= 4 is 0 Å². The molecule has 0 aliphatic heterocycles. The highest BCUT2D eigenvalue weighted by Gasteiger charge is 2.61. The fraction of sp³-hybridized carbons (Fsp3) is 1.00. The van der Waals surface area contributed by atoms with Crippen LogP contribution in [0.5, 0.6) is 0 Å². The van der Waals surface area contributed by atoms with Crippen molar-refractivity contribution in [1.29, 1.82) is 0 Å². The van der Waals surface area contributed by atoms with Crippen molar-refractivity contribution in [3.8, 4) is 0 Å². The summed E-state index contributed by atoms with van der Waals surface area (Å²) in [4.78, 5) is 0. The van der Waals surface area contributed by atoms with E-state index in [2.05, 4.69) is 13.8 Å². The molecule has 0 aromatic rings. The van der Waals surface area contributed by atoms with Crippen LogP contribution in [-0.2, 0) is 0 Å². The maximum absolute atomic E-state index is 10.5. The molecule has 0 spiro atoms. The van der Waals surface area contributed by atoms with Crippen molar-refractivity contribution in [2.75, 3.05) is 0 Å². The second kappa shape index (κ2) is 4.94. The quantitative estimate of drug-likeness (QED) is 0.645. The summed E-state index contributed by atoms with van der Waals surface area (Å²) in [5.41, 5.74) is 0.305. The fourth-order valence-electron chi connectivity index (χ4n) is 7.22. The van der Waals surface area contributed by atoms with Crippen LogP contribution in [0, 0.1) is 34.5 Å². The molecule has 0 heterocycles. The lowest BCUT2D eigenvalue weighted by Crippen LogP contribution is -2.54. The minimum atomic E-state index is -0.530. The Hall–Kier alpha value is -0.120. The maximum Gasteiger partial charge on any atom is 0.0855 e. The Kier molecular flexibility index (Phi) is 3.46. The van der Waals surface area contributed by atoms with E-state index in [4.69, 9.17) is 0 Å². The van der Waals surface area contributed by atoms with Crippen molar-refractivity contribution in [2.24, 2.45) is 34.5 Å². The second-order valence-corrected chi connectivity index (χ2v) is 9.38. The molecule has 0 radical (unpaired) electrons. The molecule has 4 rings (SSSR count). The SMILES string of the molecule is C[C@]12CCC(O)CC1CC[C@@H]1[C@H]2CC[C@]2(C)C(O)C(O)C[C@@H]12. The van der Waals surface area contributed by atoms with Crippen LogP contribution < -0.4 is 0 Å². The molecule has 0 bridgehead atoms. The molecule has 4 saturated carbocycles. The second-order valence-electron chi connectivity index (χ2n) is 9.38. The highest BCUT2D eigenvalue weighted by Crippen LogP contribution is 2.66. The summed E-state index contributed by atoms with van der Waals surface area (Å²) in [6.07, 6.45) is 7.49. The molecule has 4 unspecified atom stereocenters. The molecule has 3 nitrogen and oxygen atoms in total. The van der Waals surface area contributed by atoms with Gasteiger partial charge in [0.15, 0.2) is 0 Å². The first kappa shape index (κ1) is 15.4. The van der Waals surface area contributed by atoms with E-state index in [1.165, 1.54) is 19.3 Å². The summed E-state index contributed by atoms with van der Waals surface area (Å²) < 4.78 is 0. The fourth-order valence-corrected chi connectivity index (χ4v) is 7.22. The molecule has 9 atom stereocenters. The Morgan fingerprint density at radius 2 is 1.50 bits per heavy atom. The maximum atomic E-state index is 10.5. The number of fused-ring (bicyclic) bond motifs is 5. The molecular weight excluding hydrogens is 276 g/mol. The summed E-state index contributed by atoms with van der Waals surface area (Å²) in [6, 6.07) is 0. The molecule has 4 fully saturated rings. The summed E-state index contributed by atoms with van der Waals surface area (Å²) >= 11 is 0. The van der Waals surface area contributed by atoms with Crippen LogP contribution in [0.25, 0.3) is 0 Å². The molecule has 0 aromatic carbocycles. The minimum Gasteiger partial charge on any atom is -0.393 e. The third-order valence-electron chi connectivity index (χ3n) is 8.61. The van der Waals surface area contributed by atoms with Crippen LogP contribution in [-0.4, -0.2) is 33.6 Å². The Labute approximate surface area is 134 Å². The summed E-state index contributed by atoms with van der Waals surface area (Å²) in [5.74, 6) is 2.57. The number of hydrogen-bond acceptors (Lipinski definition) is 3. The van der Waals surface area contributed by atoms with Gasteiger partial charge >= 0.3 is 0 Å². The van der Waals surface area contributed by atoms with Crippen molar-refractivity contribution in [1.82, 2.24) is 0 Å². The Bertz CT molecular complexity index is 452. The first-order valence-corrected chi connectivity index (χ1v) is 9.40. The van der Waals surface area contributed by atoms with Crippen molar-refractivity contribution in [3.05, 3.63) is 0 Å². The van der Waals surface area contributed by atoms with Crippen LogP contribution in [0.4, 0.5) is 0 Å². The Balaban J connectivity index is 1.63. The molecule has 22 heavy (non-hydrogen) atoms. The number of aliphatic hydroxyl groups is 3. The van der Waals surface area contributed by atoms with Crippen LogP contribution in [0.3, 0.4) is 0 Å². The first-order valence-electron chi connectivity index (χ1n) is 9.40. The Morgan fingerprint density at radius 3 is 2.27 bits per heavy atom. The van der Waals surface area contributed by atoms with E-state index in [1.807, 2.05) is 0 Å². The number of hydrogen-bond donors (Lipinski definition) is 3. The van der Waals surface area contributed by atoms with Gasteiger partial charge in [0.25, 0.3) is 0 Å². The van der Waals surface area contributed by atoms with Crippen LogP contribution >= 0.6 is 0 Å². The highest BCUT2D eigenvalue weighted by atomic mass is 16.3. The smallest absolute Gasteiger partial charge is 0.0855 e. The third-order valence-corrected chi connectivity index (χ3v) is 8.61. The van der Waals surface area contributed by atoms with Crippen LogP contribution in [0.1, 0.15) is 65.2 Å². The zero-order valence-corrected chi connectivity index (χ0v) is 14.0. The average Bonchev–Trinajstić information content (AvgIpc) is 2.72. The van der Waals surface area contributed by atoms with E-state index in [0.717, 1.165) is 38.0 Å². The van der Waals surface area contributed by atoms with E-state index in [-0.39, 0.29) is 11.5 Å². The van der Waals surface area contributed by atoms with Gasteiger partial charge in [-0.15, -0.1) is 0 Å². The average molecular weight is 308 g/mol. The van der Waals surface area contributed by atoms with Crippen LogP contribution in [0.15, 0.2) is 0 Å². The third kappa shape index (κ3) is 1.91. The summed E-state index contributed by atoms with van der Waals surface area (Å²) in [7, 11) is 0. The lowest BCUT2D eigenvalue weighted by atomic mass is 9.45. The van der Waals surface area contributed by atoms with Gasteiger partial charge in [-0.25, -0.2) is 0 Å². The normalized spacial score (nSPS) is 61.2. The molecule has 0 amide bonds. The van der Waals surface area contributed by atoms with E-state index in [1.54, 1.807) is 0 Å². The van der Waals surface area contributed by atoms with Gasteiger partial charge in [0, 0.05) is 0 Å². The molecule has 0 saturated heterocycles. The molecule has 3 heteroatoms. The lowest BCUT2D eigenvalue weighted by Gasteiger charge is -2.60. The van der Waals surface area contributed by atoms with Gasteiger partial charge in [-0.2, -0.15) is 0 Å². The largest absolute Gasteiger partial charge is 0.393 e. The van der Waals surface area contributed by atoms with E-state index in [0.29, 0.717) is 23.2 Å². The van der Waals surface area contributed by atoms with Gasteiger partial charge in [0.2, 0.25) is 0 Å². The number of rotatable bonds is 0. The topological polar surface area (TPSA) is 60.7 Å². The molecule has 0 aromatic heterocycles. The van der Waals surface area contributed by atoms with Gasteiger partial charge in [0.05, 0.1) is 18.3 Å². The minimum absolute atomic E-state index is 0.0715. The lowest BCUT2D eigenvalue weighted by molar-refractivity contribution is -0.135. The predicted molar refractivity (Wildman–Crippen MR) is 85.1 cm³/mol. The Morgan fingerprint density at radius 1 is 0.773 bits per heavy atom. The van der Waals surface area contributed by atoms with Crippen molar-refractivity contribution < 1.29 is 15.3 Å². The summed E-state index contributed by atoms with van der Waals surface area (Å²) in [6.45, 7) is 4.69. The van der Waals surface area contributed by atoms with Crippen molar-refractivity contribution in [2.45, 2.75) is 83.5 Å². The first-order chi connectivity index (χ1) is 10.4. The molecule has 4 aliphatic rings. The standard InChI is InChI=1S/C19H32O3/c1-18-7-5-12(20)9-11(18)3-4-13-14(18)6-8-19(2)15(13)10-16(21)17(19)22/h11-17,20-22H,3-10H2,1-2H3/t11?,12?,13-,14-,15+,16?,17?,18+,19+/m1/s1. The molecular formula is C19H32O3. The van der Waals surface area contributed by atoms with Gasteiger partial charge in [-0.1, -0.05) is 13.8 Å². The zero-order valence-electron chi connectivity index (χ0n) is 14.0. The van der Waals surface area contributed by atoms with E-state index in [9.17, 15) is 15.3 Å². The van der Waals surface area contributed by atoms with Gasteiger partial charge in [-0.3, -0.25) is 0 Å². The predicted octanol–water partition coefficient (Wildman–Crippen LogP) is 2.72. The summed E-state index contributed by atoms with van der Waals surface area (Å²) in [5, 5.41) is 30.8. The monoisotopic (exact) mass is 308 g/mol. The zero-order chi connectivity index (χ0) is 15.7. The number of aliphatic hydroxyl groups excluding tert-OH is 3. The van der Waals surface area contributed by atoms with Gasteiger partial charge < -0.3 is 15.3 Å². The van der Waals surface area contributed by atoms with Gasteiger partial charge in [0.1, 0.15) is 0 Å². The highest BCUT2D eigenvalue weighted by molar-refractivity contribution is 5.11. The van der Waals surface area contributed by atoms with E-state index < -0.39 is 12.2 Å². The molecule has 4 aliphatic carbocycles.